The Morgan fingerprint density at radius 3 is 2.30 bits per heavy atom. The summed E-state index contributed by atoms with van der Waals surface area (Å²) >= 11 is 1.31. The molecule has 4 N–H and O–H groups in total. The van der Waals surface area contributed by atoms with Gasteiger partial charge in [0.05, 0.1) is 0 Å². The normalized spacial score (nSPS) is 19.9. The Balaban J connectivity index is 0.000000528. The van der Waals surface area contributed by atoms with Crippen LogP contribution in [0.2, 0.25) is 0 Å². The third kappa shape index (κ3) is 9.15. The molecule has 2 fully saturated rings. The van der Waals surface area contributed by atoms with Crippen LogP contribution in [0, 0.1) is 13.1 Å². The second-order valence-electron chi connectivity index (χ2n) is 9.67. The number of alkyl carbamates (subject to hydrolysis) is 1. The van der Waals surface area contributed by atoms with Crippen molar-refractivity contribution < 1.29 is 51.4 Å². The molecule has 3 aromatic rings. The molecule has 15 heteroatoms. The molecular weight excluding hydrogens is 788 g/mol. The summed E-state index contributed by atoms with van der Waals surface area (Å²) in [5, 5.41) is 25.1. The van der Waals surface area contributed by atoms with Crippen LogP contribution in [0.25, 0.3) is 0 Å². The SMILES string of the molecule is CC1(C)SC2[C@H](NC(=O)[C@H](NC(=O)OCc3[c-]nn[nH]3)c3ccccc3)C(=O)N2[C@H]1C(=O)O.CPc1ccccc1.[Au].[CH2-]C. The number of ether oxygens (including phenoxy) is 1. The van der Waals surface area contributed by atoms with E-state index < -0.39 is 52.1 Å². The third-order valence-electron chi connectivity index (χ3n) is 6.46. The zero-order valence-corrected chi connectivity index (χ0v) is 28.5. The summed E-state index contributed by atoms with van der Waals surface area (Å²) in [5.74, 6) is -2.19. The maximum absolute atomic E-state index is 13.1. The Bertz CT molecular complexity index is 1370. The molecule has 2 saturated heterocycles. The Hall–Kier alpha value is -3.22. The molecular formula is C29H35AuN6O6PS-2. The zero-order valence-electron chi connectivity index (χ0n) is 24.5. The number of aromatic nitrogens is 3. The number of aliphatic carboxylic acids is 1. The number of benzene rings is 2. The fourth-order valence-corrected chi connectivity index (χ4v) is 6.64. The molecule has 2 aromatic carbocycles. The van der Waals surface area contributed by atoms with Crippen LogP contribution in [0.15, 0.2) is 60.7 Å². The van der Waals surface area contributed by atoms with Crippen LogP contribution >= 0.6 is 20.3 Å². The predicted octanol–water partition coefficient (Wildman–Crippen LogP) is 2.66. The number of thioether (sulfide) groups is 1. The molecule has 3 amide bonds. The summed E-state index contributed by atoms with van der Waals surface area (Å²) in [4.78, 5) is 51.1. The van der Waals surface area contributed by atoms with Gasteiger partial charge in [0.1, 0.15) is 30.1 Å². The molecule has 1 radical (unpaired) electrons. The standard InChI is InChI=1S/C20H21N6O6S.C7H9P.C2H5.Au/c1-20(2)14(18(29)30)26-16(28)13(17(26)33-20)22-15(27)12(10-6-4-3-5-7-10)23-19(31)32-9-11-8-21-25-24-11;1-8-7-5-3-2-4-6-7;1-2;/h3-7,12-14,17H,9H2,1-2H3,(H,22,27)(H,23,31)(H,29,30)(H,21,24,25);2-6,8H,1H3;1H2,2H3;/q-1;;-1;/t12-,13-,14+,17?;;;/m1.../s1. The van der Waals surface area contributed by atoms with Crippen LogP contribution in [0.5, 0.6) is 0 Å². The van der Waals surface area contributed by atoms with Gasteiger partial charge in [0.2, 0.25) is 11.8 Å². The molecule has 0 aliphatic carbocycles. The minimum absolute atomic E-state index is 0. The van der Waals surface area contributed by atoms with Gasteiger partial charge >= 0.3 is 12.1 Å². The van der Waals surface area contributed by atoms with E-state index >= 15 is 0 Å². The Labute approximate surface area is 278 Å². The summed E-state index contributed by atoms with van der Waals surface area (Å²) in [5.41, 5.74) is 0.827. The quantitative estimate of drug-likeness (QED) is 0.116. The number of hydrogen-bond acceptors (Lipinski definition) is 8. The number of β-lactam (4-membered cyclic amide) rings is 1. The first-order valence-electron chi connectivity index (χ1n) is 13.3. The largest absolute Gasteiger partial charge is 0.480 e. The first kappa shape index (κ1) is 37.0. The van der Waals surface area contributed by atoms with Gasteiger partial charge in [-0.2, -0.15) is 6.92 Å². The Morgan fingerprint density at radius 2 is 1.77 bits per heavy atom. The second kappa shape index (κ2) is 17.3. The number of carboxylic acids is 1. The van der Waals surface area contributed by atoms with E-state index in [1.165, 1.54) is 22.0 Å². The van der Waals surface area contributed by atoms with Crippen LogP contribution in [-0.4, -0.2) is 78.2 Å². The Kier molecular flexibility index (Phi) is 14.5. The van der Waals surface area contributed by atoms with Crippen LogP contribution in [0.1, 0.15) is 38.1 Å². The van der Waals surface area contributed by atoms with Crippen LogP contribution < -0.4 is 15.9 Å². The molecule has 44 heavy (non-hydrogen) atoms. The van der Waals surface area contributed by atoms with Gasteiger partial charge in [0.25, 0.3) is 0 Å². The smallest absolute Gasteiger partial charge is 0.408 e. The number of carboxylic acid groups (broad SMARTS) is 1. The van der Waals surface area contributed by atoms with Crippen molar-refractivity contribution in [1.29, 1.82) is 0 Å². The summed E-state index contributed by atoms with van der Waals surface area (Å²) in [6, 6.07) is 15.9. The van der Waals surface area contributed by atoms with Gasteiger partial charge in [-0.15, -0.1) is 17.0 Å². The minimum atomic E-state index is -1.14. The number of carbonyl (C=O) groups is 4. The second-order valence-corrected chi connectivity index (χ2v) is 12.5. The van der Waals surface area contributed by atoms with Crippen molar-refractivity contribution in [1.82, 2.24) is 30.9 Å². The van der Waals surface area contributed by atoms with E-state index in [2.05, 4.69) is 70.1 Å². The molecule has 0 bridgehead atoms. The van der Waals surface area contributed by atoms with Crippen molar-refractivity contribution in [3.8, 4) is 0 Å². The summed E-state index contributed by atoms with van der Waals surface area (Å²) in [6.07, 6.45) is 1.63. The van der Waals surface area contributed by atoms with Gasteiger partial charge in [-0.3, -0.25) is 14.7 Å². The monoisotopic (exact) mass is 823 g/mol. The number of fused-ring (bicyclic) bond motifs is 1. The van der Waals surface area contributed by atoms with E-state index in [0.717, 1.165) is 8.58 Å². The minimum Gasteiger partial charge on any atom is -0.480 e. The Morgan fingerprint density at radius 1 is 1.16 bits per heavy atom. The first-order valence-corrected chi connectivity index (χ1v) is 15.7. The van der Waals surface area contributed by atoms with Crippen molar-refractivity contribution in [3.05, 3.63) is 85.0 Å². The molecule has 3 heterocycles. The van der Waals surface area contributed by atoms with E-state index in [1.807, 2.05) is 6.07 Å². The summed E-state index contributed by atoms with van der Waals surface area (Å²) in [6.45, 7) is 10.5. The van der Waals surface area contributed by atoms with Gasteiger partial charge in [-0.05, 0) is 31.4 Å². The number of hydrogen-bond donors (Lipinski definition) is 4. The van der Waals surface area contributed by atoms with Gasteiger partial charge in [0.15, 0.2) is 0 Å². The molecule has 241 valence electrons. The number of nitrogens with one attached hydrogen (secondary N) is 3. The predicted molar refractivity (Wildman–Crippen MR) is 165 cm³/mol. The van der Waals surface area contributed by atoms with E-state index in [0.29, 0.717) is 11.3 Å². The van der Waals surface area contributed by atoms with E-state index in [1.54, 1.807) is 51.1 Å². The van der Waals surface area contributed by atoms with Gasteiger partial charge in [-0.25, -0.2) is 9.59 Å². The van der Waals surface area contributed by atoms with Crippen molar-refractivity contribution in [2.24, 2.45) is 0 Å². The number of aromatic amines is 1. The maximum Gasteiger partial charge on any atom is 0.408 e. The molecule has 5 atom stereocenters. The summed E-state index contributed by atoms with van der Waals surface area (Å²) in [7, 11) is 0.930. The number of amides is 3. The summed E-state index contributed by atoms with van der Waals surface area (Å²) < 4.78 is 4.36. The number of nitrogens with zero attached hydrogens (tertiary/aromatic N) is 3. The molecule has 2 unspecified atom stereocenters. The van der Waals surface area contributed by atoms with E-state index in [9.17, 15) is 24.3 Å². The van der Waals surface area contributed by atoms with Crippen molar-refractivity contribution in [2.45, 2.75) is 55.6 Å². The molecule has 2 aliphatic rings. The van der Waals surface area contributed by atoms with Gasteiger partial charge in [-0.1, -0.05) is 74.9 Å². The van der Waals surface area contributed by atoms with Crippen LogP contribution in [0.3, 0.4) is 0 Å². The van der Waals surface area contributed by atoms with Gasteiger partial charge in [0, 0.05) is 27.1 Å². The fourth-order valence-electron chi connectivity index (χ4n) is 4.49. The van der Waals surface area contributed by atoms with Crippen LogP contribution in [-0.2, 0) is 48.1 Å². The van der Waals surface area contributed by atoms with E-state index in [4.69, 9.17) is 4.74 Å². The molecule has 5 rings (SSSR count). The average Bonchev–Trinajstić information content (AvgIpc) is 3.63. The van der Waals surface area contributed by atoms with E-state index in [-0.39, 0.29) is 29.0 Å². The van der Waals surface area contributed by atoms with Crippen molar-refractivity contribution in [2.75, 3.05) is 6.66 Å². The fraction of sp³-hybridized carbons (Fsp3) is 0.345. The third-order valence-corrected chi connectivity index (χ3v) is 8.94. The first-order chi connectivity index (χ1) is 20.6. The molecule has 1 aromatic heterocycles. The molecule has 2 aliphatic heterocycles. The molecule has 0 spiro atoms. The number of carbonyl (C=O) groups excluding carboxylic acids is 3. The maximum atomic E-state index is 13.1. The number of rotatable bonds is 8. The molecule has 0 saturated carbocycles. The van der Waals surface area contributed by atoms with Crippen molar-refractivity contribution >= 4 is 49.5 Å². The zero-order chi connectivity index (χ0) is 31.6. The van der Waals surface area contributed by atoms with Crippen LogP contribution in [0.4, 0.5) is 4.79 Å². The number of H-pyrrole nitrogens is 1. The topological polar surface area (TPSA) is 167 Å². The van der Waals surface area contributed by atoms with Crippen molar-refractivity contribution in [3.63, 3.8) is 0 Å². The van der Waals surface area contributed by atoms with Gasteiger partial charge < -0.3 is 43.6 Å². The molecule has 12 nitrogen and oxygen atoms in total. The average molecular weight is 824 g/mol.